The summed E-state index contributed by atoms with van der Waals surface area (Å²) < 4.78 is 0. The van der Waals surface area contributed by atoms with Gasteiger partial charge in [-0.2, -0.15) is 0 Å². The maximum atomic E-state index is 12.7. The van der Waals surface area contributed by atoms with E-state index in [9.17, 15) is 4.79 Å². The molecule has 1 rings (SSSR count). The second-order valence-corrected chi connectivity index (χ2v) is 5.06. The molecule has 0 amide bonds. The van der Waals surface area contributed by atoms with Gasteiger partial charge in [-0.05, 0) is 17.4 Å². The number of carbonyl (C=O) groups is 1. The average Bonchev–Trinajstić information content (AvgIpc) is 2.47. The van der Waals surface area contributed by atoms with E-state index in [1.807, 2.05) is 49.4 Å². The van der Waals surface area contributed by atoms with Crippen LogP contribution in [0.2, 0.25) is 0 Å². The third-order valence-electron chi connectivity index (χ3n) is 4.18. The summed E-state index contributed by atoms with van der Waals surface area (Å²) in [5.74, 6) is 0.379. The van der Waals surface area contributed by atoms with Crippen molar-refractivity contribution in [2.24, 2.45) is 11.8 Å². The molecule has 0 radical (unpaired) electrons. The smallest absolute Gasteiger partial charge is 0.144 e. The summed E-state index contributed by atoms with van der Waals surface area (Å²) in [7, 11) is 0. The molecule has 0 bridgehead atoms. The Balaban J connectivity index is 3.56. The predicted molar refractivity (Wildman–Crippen MR) is 82.1 cm³/mol. The third-order valence-corrected chi connectivity index (χ3v) is 4.18. The fraction of sp³-hybridized carbons (Fsp3) is 0.389. The molecule has 0 heterocycles. The Hall–Kier alpha value is -1.63. The van der Waals surface area contributed by atoms with Crippen molar-refractivity contribution < 1.29 is 4.79 Å². The molecule has 102 valence electrons. The van der Waals surface area contributed by atoms with Crippen molar-refractivity contribution in [3.05, 3.63) is 61.2 Å². The zero-order valence-corrected chi connectivity index (χ0v) is 12.2. The maximum Gasteiger partial charge on any atom is 0.144 e. The van der Waals surface area contributed by atoms with Crippen molar-refractivity contribution in [1.82, 2.24) is 0 Å². The predicted octanol–water partition coefficient (Wildman–Crippen LogP) is 4.55. The van der Waals surface area contributed by atoms with E-state index in [0.717, 1.165) is 5.56 Å². The number of hydrogen-bond acceptors (Lipinski definition) is 1. The number of ketones is 1. The summed E-state index contributed by atoms with van der Waals surface area (Å²) in [6.45, 7) is 13.8. The van der Waals surface area contributed by atoms with Crippen LogP contribution in [-0.4, -0.2) is 5.78 Å². The van der Waals surface area contributed by atoms with Crippen molar-refractivity contribution in [3.8, 4) is 0 Å². The van der Waals surface area contributed by atoms with Crippen molar-refractivity contribution in [3.63, 3.8) is 0 Å². The van der Waals surface area contributed by atoms with Crippen LogP contribution >= 0.6 is 0 Å². The first-order valence-electron chi connectivity index (χ1n) is 6.89. The second-order valence-electron chi connectivity index (χ2n) is 5.06. The molecular formula is C18H24O. The highest BCUT2D eigenvalue weighted by atomic mass is 16.1. The molecule has 0 aromatic heterocycles. The molecule has 0 fully saturated rings. The first-order chi connectivity index (χ1) is 9.05. The Kier molecular flexibility index (Phi) is 5.29. The molecule has 1 aromatic carbocycles. The summed E-state index contributed by atoms with van der Waals surface area (Å²) in [6.07, 6.45) is 4.27. The number of carbonyl (C=O) groups excluding carboxylic acids is 1. The molecule has 0 N–H and O–H groups in total. The topological polar surface area (TPSA) is 17.1 Å². The zero-order valence-electron chi connectivity index (χ0n) is 12.2. The molecule has 0 aliphatic heterocycles. The minimum atomic E-state index is -0.556. The normalized spacial score (nSPS) is 17.0. The van der Waals surface area contributed by atoms with Crippen LogP contribution in [0.15, 0.2) is 55.6 Å². The van der Waals surface area contributed by atoms with Gasteiger partial charge in [0.2, 0.25) is 0 Å². The van der Waals surface area contributed by atoms with E-state index < -0.39 is 5.41 Å². The Morgan fingerprint density at radius 1 is 1.16 bits per heavy atom. The van der Waals surface area contributed by atoms with Gasteiger partial charge in [0, 0.05) is 6.42 Å². The molecule has 1 aromatic rings. The molecule has 0 aliphatic rings. The quantitative estimate of drug-likeness (QED) is 0.654. The molecule has 2 atom stereocenters. The van der Waals surface area contributed by atoms with Crippen LogP contribution in [0, 0.1) is 11.8 Å². The monoisotopic (exact) mass is 256 g/mol. The highest BCUT2D eigenvalue weighted by Gasteiger charge is 2.45. The Labute approximate surface area is 117 Å². The van der Waals surface area contributed by atoms with E-state index in [0.29, 0.717) is 6.42 Å². The van der Waals surface area contributed by atoms with Crippen LogP contribution < -0.4 is 0 Å². The van der Waals surface area contributed by atoms with Gasteiger partial charge >= 0.3 is 0 Å². The second kappa shape index (κ2) is 6.51. The minimum absolute atomic E-state index is 0.0651. The van der Waals surface area contributed by atoms with E-state index in [-0.39, 0.29) is 17.6 Å². The highest BCUT2D eigenvalue weighted by molar-refractivity contribution is 5.91. The first-order valence-corrected chi connectivity index (χ1v) is 6.89. The molecular weight excluding hydrogens is 232 g/mol. The van der Waals surface area contributed by atoms with Crippen molar-refractivity contribution in [1.29, 1.82) is 0 Å². The minimum Gasteiger partial charge on any atom is -0.299 e. The van der Waals surface area contributed by atoms with Crippen molar-refractivity contribution in [2.45, 2.75) is 32.6 Å². The number of benzene rings is 1. The van der Waals surface area contributed by atoms with Crippen LogP contribution in [0.4, 0.5) is 0 Å². The molecule has 0 aliphatic carbocycles. The molecule has 0 saturated heterocycles. The molecule has 2 unspecified atom stereocenters. The van der Waals surface area contributed by atoms with Crippen LogP contribution in [0.1, 0.15) is 32.8 Å². The van der Waals surface area contributed by atoms with E-state index >= 15 is 0 Å². The highest BCUT2D eigenvalue weighted by Crippen LogP contribution is 2.42. The van der Waals surface area contributed by atoms with Gasteiger partial charge in [0.25, 0.3) is 0 Å². The van der Waals surface area contributed by atoms with Crippen molar-refractivity contribution >= 4 is 5.78 Å². The van der Waals surface area contributed by atoms with E-state index in [1.54, 1.807) is 0 Å². The van der Waals surface area contributed by atoms with Crippen LogP contribution in [0.5, 0.6) is 0 Å². The molecule has 19 heavy (non-hydrogen) atoms. The number of rotatable bonds is 7. The lowest BCUT2D eigenvalue weighted by atomic mass is 9.60. The van der Waals surface area contributed by atoms with Gasteiger partial charge in [0.15, 0.2) is 0 Å². The fourth-order valence-corrected chi connectivity index (χ4v) is 2.99. The zero-order chi connectivity index (χ0) is 14.5. The lowest BCUT2D eigenvalue weighted by molar-refractivity contribution is -0.127. The van der Waals surface area contributed by atoms with Gasteiger partial charge in [-0.25, -0.2) is 0 Å². The number of hydrogen-bond donors (Lipinski definition) is 0. The molecule has 0 saturated carbocycles. The lowest BCUT2D eigenvalue weighted by Crippen LogP contribution is -2.46. The van der Waals surface area contributed by atoms with Crippen LogP contribution in [0.25, 0.3) is 0 Å². The van der Waals surface area contributed by atoms with Crippen LogP contribution in [0.3, 0.4) is 0 Å². The fourth-order valence-electron chi connectivity index (χ4n) is 2.99. The molecule has 1 nitrogen and oxygen atoms in total. The average molecular weight is 256 g/mol. The standard InChI is InChI=1S/C18H24O/c1-6-14(4)18(15(5)7-2,17(19)8-3)16-12-10-9-11-13-16/h6-7,9-15H,1-2,8H2,3-5H3. The summed E-state index contributed by atoms with van der Waals surface area (Å²) in [6, 6.07) is 10.0. The summed E-state index contributed by atoms with van der Waals surface area (Å²) in [5, 5.41) is 0. The van der Waals surface area contributed by atoms with E-state index in [2.05, 4.69) is 27.0 Å². The lowest BCUT2D eigenvalue weighted by Gasteiger charge is -2.41. The number of allylic oxidation sites excluding steroid dienone is 2. The Morgan fingerprint density at radius 3 is 2.00 bits per heavy atom. The summed E-state index contributed by atoms with van der Waals surface area (Å²) in [5.41, 5.74) is 0.501. The van der Waals surface area contributed by atoms with Gasteiger partial charge in [-0.15, -0.1) is 13.2 Å². The van der Waals surface area contributed by atoms with Gasteiger partial charge < -0.3 is 0 Å². The van der Waals surface area contributed by atoms with E-state index in [4.69, 9.17) is 0 Å². The van der Waals surface area contributed by atoms with Crippen molar-refractivity contribution in [2.75, 3.05) is 0 Å². The molecule has 1 heteroatoms. The Bertz CT molecular complexity index is 430. The SMILES string of the molecule is C=CC(C)C(C(=O)CC)(c1ccccc1)C(C)C=C. The van der Waals surface area contributed by atoms with Crippen LogP contribution in [-0.2, 0) is 10.2 Å². The summed E-state index contributed by atoms with van der Waals surface area (Å²) >= 11 is 0. The largest absolute Gasteiger partial charge is 0.299 e. The summed E-state index contributed by atoms with van der Waals surface area (Å²) in [4.78, 5) is 12.7. The van der Waals surface area contributed by atoms with Gasteiger partial charge in [-0.1, -0.05) is 63.3 Å². The molecule has 0 spiro atoms. The third kappa shape index (κ3) is 2.56. The van der Waals surface area contributed by atoms with Gasteiger partial charge in [-0.3, -0.25) is 4.79 Å². The van der Waals surface area contributed by atoms with Gasteiger partial charge in [0.05, 0.1) is 5.41 Å². The number of Topliss-reactive ketones (excluding diaryl/α,β-unsaturated/α-hetero) is 1. The first kappa shape index (κ1) is 15.4. The Morgan fingerprint density at radius 2 is 1.63 bits per heavy atom. The maximum absolute atomic E-state index is 12.7. The van der Waals surface area contributed by atoms with Gasteiger partial charge in [0.1, 0.15) is 5.78 Å². The van der Waals surface area contributed by atoms with E-state index in [1.165, 1.54) is 0 Å².